The standard InChI is InChI=1S/C12H21N3O/c1-4-15(10(2)9-16-3)8-11-6-5-7-12(13)14-11/h5-7,10H,4,8-9H2,1-3H3,(H2,13,14). The van der Waals surface area contributed by atoms with Gasteiger partial charge >= 0.3 is 0 Å². The minimum absolute atomic E-state index is 0.387. The van der Waals surface area contributed by atoms with E-state index in [1.807, 2.05) is 12.1 Å². The Labute approximate surface area is 97.4 Å². The number of methoxy groups -OCH3 is 1. The molecular weight excluding hydrogens is 202 g/mol. The van der Waals surface area contributed by atoms with Crippen LogP contribution >= 0.6 is 0 Å². The lowest BCUT2D eigenvalue weighted by Crippen LogP contribution is -2.35. The van der Waals surface area contributed by atoms with E-state index in [0.29, 0.717) is 11.9 Å². The highest BCUT2D eigenvalue weighted by Crippen LogP contribution is 2.08. The van der Waals surface area contributed by atoms with E-state index >= 15 is 0 Å². The summed E-state index contributed by atoms with van der Waals surface area (Å²) in [4.78, 5) is 6.61. The summed E-state index contributed by atoms with van der Waals surface area (Å²) in [6.45, 7) is 6.81. The molecule has 1 rings (SSSR count). The van der Waals surface area contributed by atoms with E-state index in [2.05, 4.69) is 23.7 Å². The maximum Gasteiger partial charge on any atom is 0.123 e. The summed E-state index contributed by atoms with van der Waals surface area (Å²) in [7, 11) is 1.73. The molecule has 0 bridgehead atoms. The van der Waals surface area contributed by atoms with Gasteiger partial charge in [-0.25, -0.2) is 4.98 Å². The molecule has 1 aromatic rings. The van der Waals surface area contributed by atoms with Crippen LogP contribution in [0, 0.1) is 0 Å². The molecule has 0 aliphatic rings. The van der Waals surface area contributed by atoms with Crippen molar-refractivity contribution in [2.24, 2.45) is 0 Å². The second kappa shape index (κ2) is 6.45. The Hall–Kier alpha value is -1.13. The number of hydrogen-bond donors (Lipinski definition) is 1. The van der Waals surface area contributed by atoms with Crippen LogP contribution in [0.2, 0.25) is 0 Å². The van der Waals surface area contributed by atoms with Crippen LogP contribution in [0.4, 0.5) is 5.82 Å². The third kappa shape index (κ3) is 3.79. The molecular formula is C12H21N3O. The van der Waals surface area contributed by atoms with Gasteiger partial charge in [0.05, 0.1) is 12.3 Å². The average Bonchev–Trinajstić information content (AvgIpc) is 2.26. The fourth-order valence-corrected chi connectivity index (χ4v) is 1.72. The molecule has 1 heterocycles. The van der Waals surface area contributed by atoms with Crippen LogP contribution in [0.1, 0.15) is 19.5 Å². The third-order valence-corrected chi connectivity index (χ3v) is 2.63. The minimum Gasteiger partial charge on any atom is -0.384 e. The van der Waals surface area contributed by atoms with Crippen LogP contribution in [0.3, 0.4) is 0 Å². The number of ether oxygens (including phenoxy) is 1. The first-order valence-electron chi connectivity index (χ1n) is 5.61. The van der Waals surface area contributed by atoms with Gasteiger partial charge in [-0.05, 0) is 25.6 Å². The first-order chi connectivity index (χ1) is 7.67. The topological polar surface area (TPSA) is 51.4 Å². The zero-order chi connectivity index (χ0) is 12.0. The summed E-state index contributed by atoms with van der Waals surface area (Å²) in [5.41, 5.74) is 6.66. The summed E-state index contributed by atoms with van der Waals surface area (Å²) >= 11 is 0. The van der Waals surface area contributed by atoms with Gasteiger partial charge in [0.1, 0.15) is 5.82 Å². The van der Waals surface area contributed by atoms with Gasteiger partial charge in [0, 0.05) is 19.7 Å². The second-order valence-corrected chi connectivity index (χ2v) is 3.92. The largest absolute Gasteiger partial charge is 0.384 e. The van der Waals surface area contributed by atoms with Crippen molar-refractivity contribution >= 4 is 5.82 Å². The van der Waals surface area contributed by atoms with E-state index in [-0.39, 0.29) is 0 Å². The van der Waals surface area contributed by atoms with E-state index in [1.165, 1.54) is 0 Å². The molecule has 0 aliphatic carbocycles. The van der Waals surface area contributed by atoms with E-state index in [4.69, 9.17) is 10.5 Å². The SMILES string of the molecule is CCN(Cc1cccc(N)n1)C(C)COC. The van der Waals surface area contributed by atoms with Gasteiger partial charge in [0.25, 0.3) is 0 Å². The molecule has 0 spiro atoms. The average molecular weight is 223 g/mol. The van der Waals surface area contributed by atoms with Crippen LogP contribution in [0.5, 0.6) is 0 Å². The zero-order valence-corrected chi connectivity index (χ0v) is 10.3. The highest BCUT2D eigenvalue weighted by atomic mass is 16.5. The number of anilines is 1. The number of likely N-dealkylation sites (N-methyl/N-ethyl adjacent to an activating group) is 1. The molecule has 4 nitrogen and oxygen atoms in total. The van der Waals surface area contributed by atoms with Crippen LogP contribution in [0.25, 0.3) is 0 Å². The van der Waals surface area contributed by atoms with Crippen molar-refractivity contribution in [2.75, 3.05) is 26.0 Å². The Morgan fingerprint density at radius 3 is 2.81 bits per heavy atom. The fourth-order valence-electron chi connectivity index (χ4n) is 1.72. The predicted octanol–water partition coefficient (Wildman–Crippen LogP) is 1.52. The Kier molecular flexibility index (Phi) is 5.22. The van der Waals surface area contributed by atoms with Crippen LogP contribution in [-0.4, -0.2) is 36.2 Å². The van der Waals surface area contributed by atoms with Gasteiger partial charge < -0.3 is 10.5 Å². The number of nitrogens with zero attached hydrogens (tertiary/aromatic N) is 2. The number of rotatable bonds is 6. The number of pyridine rings is 1. The quantitative estimate of drug-likeness (QED) is 0.794. The van der Waals surface area contributed by atoms with Crippen molar-refractivity contribution in [3.63, 3.8) is 0 Å². The lowest BCUT2D eigenvalue weighted by Gasteiger charge is -2.26. The normalized spacial score (nSPS) is 13.0. The first kappa shape index (κ1) is 12.9. The Balaban J connectivity index is 2.62. The second-order valence-electron chi connectivity index (χ2n) is 3.92. The van der Waals surface area contributed by atoms with E-state index in [1.54, 1.807) is 13.2 Å². The number of hydrogen-bond acceptors (Lipinski definition) is 4. The van der Waals surface area contributed by atoms with Crippen molar-refractivity contribution in [2.45, 2.75) is 26.4 Å². The Morgan fingerprint density at radius 1 is 1.50 bits per heavy atom. The number of nitrogens with two attached hydrogens (primary N) is 1. The van der Waals surface area contributed by atoms with Crippen molar-refractivity contribution in [1.29, 1.82) is 0 Å². The highest BCUT2D eigenvalue weighted by molar-refractivity contribution is 5.28. The van der Waals surface area contributed by atoms with Crippen LogP contribution < -0.4 is 5.73 Å². The fraction of sp³-hybridized carbons (Fsp3) is 0.583. The number of nitrogen functional groups attached to an aromatic ring is 1. The lowest BCUT2D eigenvalue weighted by molar-refractivity contribution is 0.0974. The van der Waals surface area contributed by atoms with Crippen LogP contribution in [-0.2, 0) is 11.3 Å². The zero-order valence-electron chi connectivity index (χ0n) is 10.3. The van der Waals surface area contributed by atoms with Crippen LogP contribution in [0.15, 0.2) is 18.2 Å². The molecule has 4 heteroatoms. The first-order valence-corrected chi connectivity index (χ1v) is 5.61. The van der Waals surface area contributed by atoms with Gasteiger partial charge in [0.2, 0.25) is 0 Å². The van der Waals surface area contributed by atoms with Gasteiger partial charge in [-0.3, -0.25) is 4.90 Å². The van der Waals surface area contributed by atoms with Gasteiger partial charge in [-0.2, -0.15) is 0 Å². The maximum atomic E-state index is 5.66. The van der Waals surface area contributed by atoms with E-state index < -0.39 is 0 Å². The molecule has 1 aromatic heterocycles. The summed E-state index contributed by atoms with van der Waals surface area (Å²) in [5.74, 6) is 0.577. The molecule has 0 aromatic carbocycles. The highest BCUT2D eigenvalue weighted by Gasteiger charge is 2.12. The molecule has 0 saturated heterocycles. The summed E-state index contributed by atoms with van der Waals surface area (Å²) in [6.07, 6.45) is 0. The molecule has 16 heavy (non-hydrogen) atoms. The van der Waals surface area contributed by atoms with Crippen molar-refractivity contribution in [3.05, 3.63) is 23.9 Å². The molecule has 0 amide bonds. The van der Waals surface area contributed by atoms with Crippen molar-refractivity contribution < 1.29 is 4.74 Å². The van der Waals surface area contributed by atoms with Gasteiger partial charge in [-0.1, -0.05) is 13.0 Å². The summed E-state index contributed by atoms with van der Waals surface area (Å²) in [6, 6.07) is 6.13. The maximum absolute atomic E-state index is 5.66. The minimum atomic E-state index is 0.387. The van der Waals surface area contributed by atoms with Crippen molar-refractivity contribution in [1.82, 2.24) is 9.88 Å². The molecule has 1 atom stereocenters. The number of aromatic nitrogens is 1. The van der Waals surface area contributed by atoms with E-state index in [9.17, 15) is 0 Å². The Morgan fingerprint density at radius 2 is 2.25 bits per heavy atom. The smallest absolute Gasteiger partial charge is 0.123 e. The van der Waals surface area contributed by atoms with Gasteiger partial charge in [0.15, 0.2) is 0 Å². The Bertz CT molecular complexity index is 317. The molecule has 0 aliphatic heterocycles. The molecule has 1 unspecified atom stereocenters. The molecule has 2 N–H and O–H groups in total. The molecule has 0 saturated carbocycles. The molecule has 0 fully saturated rings. The van der Waals surface area contributed by atoms with Crippen molar-refractivity contribution in [3.8, 4) is 0 Å². The lowest BCUT2D eigenvalue weighted by atomic mass is 10.2. The summed E-state index contributed by atoms with van der Waals surface area (Å²) < 4.78 is 5.16. The predicted molar refractivity (Wildman–Crippen MR) is 66.1 cm³/mol. The van der Waals surface area contributed by atoms with Gasteiger partial charge in [-0.15, -0.1) is 0 Å². The molecule has 0 radical (unpaired) electrons. The third-order valence-electron chi connectivity index (χ3n) is 2.63. The molecule has 90 valence electrons. The van der Waals surface area contributed by atoms with E-state index in [0.717, 1.165) is 25.4 Å². The summed E-state index contributed by atoms with van der Waals surface area (Å²) in [5, 5.41) is 0. The monoisotopic (exact) mass is 223 g/mol.